The van der Waals surface area contributed by atoms with Crippen molar-refractivity contribution in [1.82, 2.24) is 35.4 Å². The molecule has 0 amide bonds. The molecule has 0 aliphatic carbocycles. The molecule has 2 aromatic carbocycles. The molecule has 0 radical (unpaired) electrons. The third-order valence-electron chi connectivity index (χ3n) is 5.37. The molecule has 4 rings (SSSR count). The predicted molar refractivity (Wildman–Crippen MR) is 125 cm³/mol. The molecule has 4 aromatic rings. The lowest BCUT2D eigenvalue weighted by Crippen LogP contribution is -2.08. The summed E-state index contributed by atoms with van der Waals surface area (Å²) in [6, 6.07) is 16.2. The Labute approximate surface area is 192 Å². The fourth-order valence-electron chi connectivity index (χ4n) is 3.61. The first-order valence-corrected chi connectivity index (χ1v) is 11.0. The Morgan fingerprint density at radius 2 is 1.91 bits per heavy atom. The highest BCUT2D eigenvalue weighted by atomic mass is 16.1. The van der Waals surface area contributed by atoms with Crippen LogP contribution >= 0.6 is 0 Å². The van der Waals surface area contributed by atoms with Crippen molar-refractivity contribution in [2.75, 3.05) is 0 Å². The number of benzene rings is 2. The van der Waals surface area contributed by atoms with Gasteiger partial charge in [-0.05, 0) is 33.5 Å². The van der Waals surface area contributed by atoms with Crippen LogP contribution < -0.4 is 0 Å². The summed E-state index contributed by atoms with van der Waals surface area (Å²) in [5.41, 5.74) is 4.06. The molecule has 0 saturated carbocycles. The Bertz CT molecular complexity index is 1250. The molecule has 0 bridgehead atoms. The van der Waals surface area contributed by atoms with E-state index < -0.39 is 0 Å². The summed E-state index contributed by atoms with van der Waals surface area (Å²) in [4.78, 5) is 16.9. The Balaban J connectivity index is 1.57. The number of hydrogen-bond donors (Lipinski definition) is 1. The molecular weight excluding hydrogens is 414 g/mol. The third-order valence-corrected chi connectivity index (χ3v) is 5.37. The van der Waals surface area contributed by atoms with E-state index in [4.69, 9.17) is 6.42 Å². The van der Waals surface area contributed by atoms with E-state index in [0.29, 0.717) is 31.6 Å². The Morgan fingerprint density at radius 3 is 2.61 bits per heavy atom. The Hall–Kier alpha value is -4.12. The molecule has 33 heavy (non-hydrogen) atoms. The highest BCUT2D eigenvalue weighted by Gasteiger charge is 2.16. The number of aromatic nitrogens is 7. The fourth-order valence-corrected chi connectivity index (χ4v) is 3.61. The SMILES string of the molecule is C#CCCc1nc(C(=O)CCCC)nn1Cc1ccc(-c2ccccc2-c2nnn[nH]2)cc1. The zero-order chi connectivity index (χ0) is 23.0. The van der Waals surface area contributed by atoms with Crippen molar-refractivity contribution in [1.29, 1.82) is 0 Å². The topological polar surface area (TPSA) is 102 Å². The van der Waals surface area contributed by atoms with Gasteiger partial charge in [0.05, 0.1) is 6.54 Å². The summed E-state index contributed by atoms with van der Waals surface area (Å²) in [6.07, 6.45) is 8.83. The lowest BCUT2D eigenvalue weighted by Gasteiger charge is -2.09. The van der Waals surface area contributed by atoms with Crippen molar-refractivity contribution in [3.05, 3.63) is 65.7 Å². The average molecular weight is 440 g/mol. The normalized spacial score (nSPS) is 10.8. The zero-order valence-electron chi connectivity index (χ0n) is 18.5. The molecule has 2 heterocycles. The number of carbonyl (C=O) groups excluding carboxylic acids is 1. The maximum Gasteiger partial charge on any atom is 0.217 e. The molecule has 166 valence electrons. The van der Waals surface area contributed by atoms with Crippen molar-refractivity contribution in [3.63, 3.8) is 0 Å². The highest BCUT2D eigenvalue weighted by Crippen LogP contribution is 2.29. The standard InChI is InChI=1S/C25H25N7O/c1-3-5-11-22(33)25-26-23(12-6-4-2)32(29-25)17-18-13-15-19(16-14-18)20-9-7-8-10-21(20)24-27-30-31-28-24/h2,7-10,13-16H,3,5-6,11-12,17H2,1H3,(H,27,28,30,31). The van der Waals surface area contributed by atoms with E-state index in [2.05, 4.69) is 67.8 Å². The van der Waals surface area contributed by atoms with Crippen LogP contribution in [0.1, 0.15) is 54.6 Å². The summed E-state index contributed by atoms with van der Waals surface area (Å²) in [6.45, 7) is 2.57. The molecule has 0 spiro atoms. The third kappa shape index (κ3) is 5.21. The molecule has 1 N–H and O–H groups in total. The van der Waals surface area contributed by atoms with Gasteiger partial charge in [-0.2, -0.15) is 0 Å². The van der Waals surface area contributed by atoms with Crippen LogP contribution in [0.25, 0.3) is 22.5 Å². The number of nitrogens with one attached hydrogen (secondary N) is 1. The number of terminal acetylenes is 1. The maximum atomic E-state index is 12.4. The van der Waals surface area contributed by atoms with Gasteiger partial charge >= 0.3 is 0 Å². The number of tetrazole rings is 1. The monoisotopic (exact) mass is 439 g/mol. The van der Waals surface area contributed by atoms with Crippen LogP contribution in [0.3, 0.4) is 0 Å². The van der Waals surface area contributed by atoms with Crippen LogP contribution in [-0.2, 0) is 13.0 Å². The molecular formula is C25H25N7O. The van der Waals surface area contributed by atoms with Gasteiger partial charge in [0.1, 0.15) is 5.82 Å². The summed E-state index contributed by atoms with van der Waals surface area (Å²) in [5, 5.41) is 18.7. The first-order valence-electron chi connectivity index (χ1n) is 11.0. The van der Waals surface area contributed by atoms with Gasteiger partial charge in [-0.1, -0.05) is 61.9 Å². The van der Waals surface area contributed by atoms with Crippen LogP contribution in [-0.4, -0.2) is 41.2 Å². The largest absolute Gasteiger partial charge is 0.291 e. The number of unbranched alkanes of at least 4 members (excludes halogenated alkanes) is 1. The van der Waals surface area contributed by atoms with Gasteiger partial charge < -0.3 is 0 Å². The van der Waals surface area contributed by atoms with E-state index in [9.17, 15) is 4.79 Å². The van der Waals surface area contributed by atoms with Gasteiger partial charge in [0.25, 0.3) is 0 Å². The fraction of sp³-hybridized carbons (Fsp3) is 0.280. The van der Waals surface area contributed by atoms with Gasteiger partial charge in [-0.15, -0.1) is 22.5 Å². The summed E-state index contributed by atoms with van der Waals surface area (Å²) in [5.74, 6) is 4.25. The molecule has 0 atom stereocenters. The van der Waals surface area contributed by atoms with E-state index in [1.165, 1.54) is 0 Å². The number of ketones is 1. The van der Waals surface area contributed by atoms with Gasteiger partial charge in [0.15, 0.2) is 5.82 Å². The van der Waals surface area contributed by atoms with Crippen molar-refractivity contribution in [2.24, 2.45) is 0 Å². The average Bonchev–Trinajstić information content (AvgIpc) is 3.52. The predicted octanol–water partition coefficient (Wildman–Crippen LogP) is 4.11. The van der Waals surface area contributed by atoms with Gasteiger partial charge in [-0.3, -0.25) is 4.79 Å². The molecule has 0 aliphatic rings. The van der Waals surface area contributed by atoms with Crippen LogP contribution in [0.2, 0.25) is 0 Å². The summed E-state index contributed by atoms with van der Waals surface area (Å²) < 4.78 is 1.79. The van der Waals surface area contributed by atoms with Crippen LogP contribution in [0.4, 0.5) is 0 Å². The van der Waals surface area contributed by atoms with E-state index in [-0.39, 0.29) is 11.6 Å². The minimum atomic E-state index is -0.0218. The summed E-state index contributed by atoms with van der Waals surface area (Å²) >= 11 is 0. The smallest absolute Gasteiger partial charge is 0.217 e. The number of H-pyrrole nitrogens is 1. The molecule has 0 aliphatic heterocycles. The number of Topliss-reactive ketones (excluding diaryl/α,β-unsaturated/α-hetero) is 1. The van der Waals surface area contributed by atoms with Crippen LogP contribution in [0.5, 0.6) is 0 Å². The van der Waals surface area contributed by atoms with Crippen molar-refractivity contribution in [3.8, 4) is 34.9 Å². The molecule has 0 unspecified atom stereocenters. The molecule has 2 aromatic heterocycles. The van der Waals surface area contributed by atoms with Crippen LogP contribution in [0.15, 0.2) is 48.5 Å². The van der Waals surface area contributed by atoms with Crippen molar-refractivity contribution >= 4 is 5.78 Å². The van der Waals surface area contributed by atoms with Crippen LogP contribution in [0, 0.1) is 12.3 Å². The lowest BCUT2D eigenvalue weighted by molar-refractivity contribution is 0.0969. The second kappa shape index (κ2) is 10.5. The first-order chi connectivity index (χ1) is 16.2. The molecule has 8 nitrogen and oxygen atoms in total. The first kappa shape index (κ1) is 22.1. The van der Waals surface area contributed by atoms with Gasteiger partial charge in [0, 0.05) is 24.8 Å². The number of hydrogen-bond acceptors (Lipinski definition) is 6. The van der Waals surface area contributed by atoms with E-state index in [0.717, 1.165) is 40.9 Å². The second-order valence-corrected chi connectivity index (χ2v) is 7.73. The number of rotatable bonds is 10. The number of aryl methyl sites for hydroxylation is 1. The number of nitrogens with zero attached hydrogens (tertiary/aromatic N) is 6. The number of carbonyl (C=O) groups is 1. The molecule has 0 saturated heterocycles. The summed E-state index contributed by atoms with van der Waals surface area (Å²) in [7, 11) is 0. The maximum absolute atomic E-state index is 12.4. The van der Waals surface area contributed by atoms with Gasteiger partial charge in [-0.25, -0.2) is 14.8 Å². The minimum Gasteiger partial charge on any atom is -0.291 e. The van der Waals surface area contributed by atoms with Crippen molar-refractivity contribution < 1.29 is 4.79 Å². The number of aromatic amines is 1. The van der Waals surface area contributed by atoms with E-state index in [1.807, 2.05) is 24.3 Å². The zero-order valence-corrected chi connectivity index (χ0v) is 18.5. The quantitative estimate of drug-likeness (QED) is 0.295. The minimum absolute atomic E-state index is 0.0218. The lowest BCUT2D eigenvalue weighted by atomic mass is 9.98. The molecule has 8 heteroatoms. The molecule has 0 fully saturated rings. The highest BCUT2D eigenvalue weighted by molar-refractivity contribution is 5.92. The van der Waals surface area contributed by atoms with Gasteiger partial charge in [0.2, 0.25) is 11.6 Å². The van der Waals surface area contributed by atoms with E-state index in [1.54, 1.807) is 4.68 Å². The Kier molecular flexibility index (Phi) is 7.00. The van der Waals surface area contributed by atoms with E-state index >= 15 is 0 Å². The second-order valence-electron chi connectivity index (χ2n) is 7.73. The van der Waals surface area contributed by atoms with Crippen molar-refractivity contribution in [2.45, 2.75) is 45.6 Å². The Morgan fingerprint density at radius 1 is 1.12 bits per heavy atom.